The molecule has 0 radical (unpaired) electrons. The molecule has 2 aromatic carbocycles. The van der Waals surface area contributed by atoms with Gasteiger partial charge in [-0.05, 0) is 42.0 Å². The van der Waals surface area contributed by atoms with Gasteiger partial charge in [0.05, 0.1) is 11.9 Å². The molecule has 0 heterocycles. The lowest BCUT2D eigenvalue weighted by Crippen LogP contribution is -2.46. The summed E-state index contributed by atoms with van der Waals surface area (Å²) in [5.74, 6) is -2.42. The first-order valence-electron chi connectivity index (χ1n) is 6.90. The van der Waals surface area contributed by atoms with Crippen molar-refractivity contribution in [1.82, 2.24) is 0 Å². The average Bonchev–Trinajstić information content (AvgIpc) is 2.49. The van der Waals surface area contributed by atoms with E-state index in [1.54, 1.807) is 0 Å². The van der Waals surface area contributed by atoms with E-state index in [1.807, 2.05) is 0 Å². The van der Waals surface area contributed by atoms with Crippen molar-refractivity contribution < 1.29 is 27.1 Å². The zero-order valence-corrected chi connectivity index (χ0v) is 13.5. The number of anilines is 1. The molecule has 0 spiro atoms. The summed E-state index contributed by atoms with van der Waals surface area (Å²) in [5, 5.41) is 9.48. The van der Waals surface area contributed by atoms with Crippen LogP contribution in [0.2, 0.25) is 0 Å². The highest BCUT2D eigenvalue weighted by Gasteiger charge is 2.32. The number of carboxylic acids is 1. The van der Waals surface area contributed by atoms with Gasteiger partial charge in [0.1, 0.15) is 17.7 Å². The number of nitrogens with zero attached hydrogens (tertiary/aromatic N) is 1. The minimum Gasteiger partial charge on any atom is -0.480 e. The summed E-state index contributed by atoms with van der Waals surface area (Å²) < 4.78 is 51.0. The Morgan fingerprint density at radius 1 is 1.04 bits per heavy atom. The quantitative estimate of drug-likeness (QED) is 0.864. The number of hydrogen-bond donors (Lipinski definition) is 1. The van der Waals surface area contributed by atoms with E-state index in [0.717, 1.165) is 34.8 Å². The molecule has 0 aliphatic rings. The normalized spacial score (nSPS) is 12.6. The fourth-order valence-electron chi connectivity index (χ4n) is 2.30. The second-order valence-corrected chi connectivity index (χ2v) is 7.08. The maximum atomic E-state index is 13.1. The summed E-state index contributed by atoms with van der Waals surface area (Å²) in [5.41, 5.74) is 0.493. The van der Waals surface area contributed by atoms with Crippen LogP contribution in [0, 0.1) is 11.6 Å². The highest BCUT2D eigenvalue weighted by Crippen LogP contribution is 2.23. The van der Waals surface area contributed by atoms with E-state index in [1.165, 1.54) is 24.3 Å². The summed E-state index contributed by atoms with van der Waals surface area (Å²) >= 11 is 0. The van der Waals surface area contributed by atoms with Crippen LogP contribution in [0.3, 0.4) is 0 Å². The second-order valence-electron chi connectivity index (χ2n) is 5.22. The Morgan fingerprint density at radius 3 is 1.92 bits per heavy atom. The number of aliphatic carboxylic acids is 1. The van der Waals surface area contributed by atoms with Crippen LogP contribution in [0.1, 0.15) is 5.56 Å². The third-order valence-corrected chi connectivity index (χ3v) is 4.53. The second kappa shape index (κ2) is 6.96. The van der Waals surface area contributed by atoms with Crippen molar-refractivity contribution in [3.8, 4) is 0 Å². The van der Waals surface area contributed by atoms with Crippen LogP contribution in [0.15, 0.2) is 48.5 Å². The summed E-state index contributed by atoms with van der Waals surface area (Å²) in [6, 6.07) is 8.12. The van der Waals surface area contributed by atoms with Crippen molar-refractivity contribution in [2.24, 2.45) is 0 Å². The molecule has 24 heavy (non-hydrogen) atoms. The fraction of sp³-hybridized carbons (Fsp3) is 0.188. The van der Waals surface area contributed by atoms with E-state index < -0.39 is 33.7 Å². The monoisotopic (exact) mass is 355 g/mol. The van der Waals surface area contributed by atoms with E-state index in [4.69, 9.17) is 0 Å². The predicted molar refractivity (Wildman–Crippen MR) is 85.3 cm³/mol. The highest BCUT2D eigenvalue weighted by molar-refractivity contribution is 7.92. The van der Waals surface area contributed by atoms with Gasteiger partial charge in [-0.15, -0.1) is 0 Å². The lowest BCUT2D eigenvalue weighted by Gasteiger charge is -2.29. The maximum absolute atomic E-state index is 13.1. The molecule has 128 valence electrons. The van der Waals surface area contributed by atoms with Crippen LogP contribution in [-0.2, 0) is 21.2 Å². The van der Waals surface area contributed by atoms with Gasteiger partial charge >= 0.3 is 5.97 Å². The first-order chi connectivity index (χ1) is 11.2. The molecule has 0 fully saturated rings. The van der Waals surface area contributed by atoms with Gasteiger partial charge < -0.3 is 5.11 Å². The van der Waals surface area contributed by atoms with Gasteiger partial charge in [0.2, 0.25) is 10.0 Å². The zero-order valence-electron chi connectivity index (χ0n) is 12.7. The number of carboxylic acid groups (broad SMARTS) is 1. The summed E-state index contributed by atoms with van der Waals surface area (Å²) in [7, 11) is -3.95. The Labute approximate surface area is 138 Å². The third kappa shape index (κ3) is 4.29. The first kappa shape index (κ1) is 17.9. The SMILES string of the molecule is CS(=O)(=O)N(c1ccc(F)cc1)[C@H](Cc1ccc(F)cc1)C(=O)O. The largest absolute Gasteiger partial charge is 0.480 e. The van der Waals surface area contributed by atoms with Crippen molar-refractivity contribution in [1.29, 1.82) is 0 Å². The minimum atomic E-state index is -3.95. The van der Waals surface area contributed by atoms with E-state index in [-0.39, 0.29) is 12.1 Å². The van der Waals surface area contributed by atoms with Crippen molar-refractivity contribution in [2.45, 2.75) is 12.5 Å². The van der Waals surface area contributed by atoms with E-state index in [9.17, 15) is 27.1 Å². The van der Waals surface area contributed by atoms with Crippen LogP contribution < -0.4 is 4.31 Å². The number of sulfonamides is 1. The molecule has 8 heteroatoms. The van der Waals surface area contributed by atoms with Gasteiger partial charge in [0.25, 0.3) is 0 Å². The van der Waals surface area contributed by atoms with Crippen molar-refractivity contribution in [3.63, 3.8) is 0 Å². The molecule has 0 bridgehead atoms. The zero-order chi connectivity index (χ0) is 17.9. The Balaban J connectivity index is 2.45. The van der Waals surface area contributed by atoms with Crippen molar-refractivity contribution in [2.75, 3.05) is 10.6 Å². The van der Waals surface area contributed by atoms with Gasteiger partial charge in [0.15, 0.2) is 0 Å². The molecular formula is C16H15F2NO4S. The van der Waals surface area contributed by atoms with Gasteiger partial charge in [0, 0.05) is 6.42 Å². The minimum absolute atomic E-state index is 0.0356. The van der Waals surface area contributed by atoms with E-state index in [2.05, 4.69) is 0 Å². The van der Waals surface area contributed by atoms with Gasteiger partial charge in [-0.25, -0.2) is 22.0 Å². The molecular weight excluding hydrogens is 340 g/mol. The predicted octanol–water partition coefficient (Wildman–Crippen LogP) is 2.43. The van der Waals surface area contributed by atoms with Crippen molar-refractivity contribution in [3.05, 3.63) is 65.7 Å². The lowest BCUT2D eigenvalue weighted by atomic mass is 10.1. The molecule has 1 N–H and O–H groups in total. The lowest BCUT2D eigenvalue weighted by molar-refractivity contribution is -0.138. The summed E-state index contributed by atoms with van der Waals surface area (Å²) in [6.07, 6.45) is 0.705. The van der Waals surface area contributed by atoms with Crippen LogP contribution in [0.25, 0.3) is 0 Å². The molecule has 0 saturated heterocycles. The van der Waals surface area contributed by atoms with Crippen LogP contribution in [0.4, 0.5) is 14.5 Å². The van der Waals surface area contributed by atoms with Gasteiger partial charge in [-0.2, -0.15) is 0 Å². The van der Waals surface area contributed by atoms with Crippen LogP contribution in [-0.4, -0.2) is 31.8 Å². The molecule has 0 aliphatic carbocycles. The molecule has 2 aromatic rings. The molecule has 0 unspecified atom stereocenters. The molecule has 0 amide bonds. The van der Waals surface area contributed by atoms with Crippen molar-refractivity contribution >= 4 is 21.7 Å². The smallest absolute Gasteiger partial charge is 0.327 e. The van der Waals surface area contributed by atoms with Gasteiger partial charge in [-0.3, -0.25) is 4.31 Å². The Hall–Kier alpha value is -2.48. The Morgan fingerprint density at radius 2 is 1.50 bits per heavy atom. The Bertz CT molecular complexity index is 820. The molecule has 0 saturated carbocycles. The van der Waals surface area contributed by atoms with Crippen LogP contribution >= 0.6 is 0 Å². The fourth-order valence-corrected chi connectivity index (χ4v) is 3.44. The Kier molecular flexibility index (Phi) is 5.18. The molecule has 2 rings (SSSR count). The van der Waals surface area contributed by atoms with E-state index >= 15 is 0 Å². The third-order valence-electron chi connectivity index (χ3n) is 3.35. The highest BCUT2D eigenvalue weighted by atomic mass is 32.2. The summed E-state index contributed by atoms with van der Waals surface area (Å²) in [6.45, 7) is 0. The number of hydrogen-bond acceptors (Lipinski definition) is 3. The standard InChI is InChI=1S/C16H15F2NO4S/c1-24(22,23)19(14-8-6-13(18)7-9-14)15(16(20)21)10-11-2-4-12(17)5-3-11/h2-9,15H,10H2,1H3,(H,20,21)/t15-/m1/s1. The topological polar surface area (TPSA) is 74.7 Å². The number of rotatable bonds is 6. The number of halogens is 2. The maximum Gasteiger partial charge on any atom is 0.327 e. The summed E-state index contributed by atoms with van der Waals surface area (Å²) in [4.78, 5) is 11.6. The van der Waals surface area contributed by atoms with Crippen LogP contribution in [0.5, 0.6) is 0 Å². The number of benzene rings is 2. The average molecular weight is 355 g/mol. The molecule has 0 aliphatic heterocycles. The van der Waals surface area contributed by atoms with E-state index in [0.29, 0.717) is 5.56 Å². The molecule has 0 aromatic heterocycles. The number of carbonyl (C=O) groups is 1. The first-order valence-corrected chi connectivity index (χ1v) is 8.75. The molecule has 1 atom stereocenters. The molecule has 5 nitrogen and oxygen atoms in total. The van der Waals surface area contributed by atoms with Gasteiger partial charge in [-0.1, -0.05) is 12.1 Å².